The van der Waals surface area contributed by atoms with E-state index in [0.29, 0.717) is 16.7 Å². The number of hydrogen-bond acceptors (Lipinski definition) is 5. The third kappa shape index (κ3) is 3.54. The van der Waals surface area contributed by atoms with Crippen LogP contribution in [-0.2, 0) is 22.7 Å². The van der Waals surface area contributed by atoms with Gasteiger partial charge in [0.1, 0.15) is 12.2 Å². The highest BCUT2D eigenvalue weighted by Gasteiger charge is 2.21. The Kier molecular flexibility index (Phi) is 4.81. The summed E-state index contributed by atoms with van der Waals surface area (Å²) in [6.45, 7) is 0.302. The van der Waals surface area contributed by atoms with Crippen molar-refractivity contribution < 1.29 is 23.5 Å². The Labute approximate surface area is 144 Å². The number of carbonyl (C=O) groups excluding carboxylic acids is 2. The molecule has 0 radical (unpaired) electrons. The van der Waals surface area contributed by atoms with E-state index in [0.717, 1.165) is 10.9 Å². The number of carbonyl (C=O) groups is 2. The highest BCUT2D eigenvalue weighted by atomic mass is 16.5. The quantitative estimate of drug-likeness (QED) is 0.697. The van der Waals surface area contributed by atoms with Gasteiger partial charge in [0, 0.05) is 23.6 Å². The standard InChI is InChI=1S/C19H17NO5/c1-23-11-15-14-4-2-3-5-16(14)25-17(15)19(22)24-10-12-6-8-13(9-7-12)18(20)21/h2-9H,10-11H2,1H3,(H2,20,21). The zero-order valence-electron chi connectivity index (χ0n) is 13.7. The minimum Gasteiger partial charge on any atom is -0.455 e. The van der Waals surface area contributed by atoms with Gasteiger partial charge in [-0.3, -0.25) is 4.79 Å². The fourth-order valence-corrected chi connectivity index (χ4v) is 2.53. The molecule has 0 aliphatic rings. The number of fused-ring (bicyclic) bond motifs is 1. The van der Waals surface area contributed by atoms with Crippen LogP contribution < -0.4 is 5.73 Å². The number of nitrogens with two attached hydrogens (primary N) is 1. The smallest absolute Gasteiger partial charge is 0.374 e. The summed E-state index contributed by atoms with van der Waals surface area (Å²) in [4.78, 5) is 23.5. The highest BCUT2D eigenvalue weighted by molar-refractivity contribution is 5.96. The Balaban J connectivity index is 1.78. The maximum atomic E-state index is 12.4. The number of amides is 1. The van der Waals surface area contributed by atoms with E-state index in [1.807, 2.05) is 18.2 Å². The minimum atomic E-state index is -0.567. The second kappa shape index (κ2) is 7.19. The lowest BCUT2D eigenvalue weighted by Gasteiger charge is -2.05. The average molecular weight is 339 g/mol. The van der Waals surface area contributed by atoms with Crippen molar-refractivity contribution in [3.05, 3.63) is 71.0 Å². The third-order valence-electron chi connectivity index (χ3n) is 3.78. The molecule has 0 spiro atoms. The lowest BCUT2D eigenvalue weighted by atomic mass is 10.1. The molecule has 1 heterocycles. The summed E-state index contributed by atoms with van der Waals surface area (Å²) >= 11 is 0. The molecule has 25 heavy (non-hydrogen) atoms. The Morgan fingerprint density at radius 1 is 1.04 bits per heavy atom. The molecule has 1 amide bonds. The van der Waals surface area contributed by atoms with Crippen LogP contribution in [0.4, 0.5) is 0 Å². The number of esters is 1. The van der Waals surface area contributed by atoms with Gasteiger partial charge in [0.2, 0.25) is 11.7 Å². The normalized spacial score (nSPS) is 10.8. The van der Waals surface area contributed by atoms with E-state index in [-0.39, 0.29) is 19.0 Å². The van der Waals surface area contributed by atoms with Crippen LogP contribution in [0.25, 0.3) is 11.0 Å². The van der Waals surface area contributed by atoms with E-state index in [2.05, 4.69) is 0 Å². The van der Waals surface area contributed by atoms with Crippen molar-refractivity contribution in [1.82, 2.24) is 0 Å². The Morgan fingerprint density at radius 2 is 1.76 bits per heavy atom. The number of para-hydroxylation sites is 1. The summed E-state index contributed by atoms with van der Waals surface area (Å²) in [5.41, 5.74) is 7.60. The second-order valence-corrected chi connectivity index (χ2v) is 5.48. The first kappa shape index (κ1) is 16.7. The molecule has 0 atom stereocenters. The van der Waals surface area contributed by atoms with Gasteiger partial charge in [-0.1, -0.05) is 30.3 Å². The van der Waals surface area contributed by atoms with Crippen LogP contribution in [-0.4, -0.2) is 19.0 Å². The number of ether oxygens (including phenoxy) is 2. The maximum absolute atomic E-state index is 12.4. The fraction of sp³-hybridized carbons (Fsp3) is 0.158. The van der Waals surface area contributed by atoms with Crippen LogP contribution in [0.3, 0.4) is 0 Å². The van der Waals surface area contributed by atoms with Gasteiger partial charge in [0.15, 0.2) is 0 Å². The zero-order valence-corrected chi connectivity index (χ0v) is 13.7. The van der Waals surface area contributed by atoms with Crippen LogP contribution in [0.2, 0.25) is 0 Å². The number of benzene rings is 2. The molecule has 0 saturated carbocycles. The van der Waals surface area contributed by atoms with Crippen LogP contribution >= 0.6 is 0 Å². The van der Waals surface area contributed by atoms with Crippen molar-refractivity contribution in [2.24, 2.45) is 5.73 Å². The van der Waals surface area contributed by atoms with Crippen molar-refractivity contribution >= 4 is 22.8 Å². The molecule has 3 aromatic rings. The molecule has 128 valence electrons. The van der Waals surface area contributed by atoms with Crippen LogP contribution in [0.1, 0.15) is 32.0 Å². The predicted octanol–water partition coefficient (Wildman–Crippen LogP) is 3.04. The minimum absolute atomic E-state index is 0.0569. The molecule has 1 aromatic heterocycles. The molecule has 0 bridgehead atoms. The van der Waals surface area contributed by atoms with Gasteiger partial charge in [0.05, 0.1) is 6.61 Å². The summed E-state index contributed by atoms with van der Waals surface area (Å²) in [5, 5.41) is 0.821. The zero-order chi connectivity index (χ0) is 17.8. The maximum Gasteiger partial charge on any atom is 0.374 e. The summed E-state index contributed by atoms with van der Waals surface area (Å²) in [7, 11) is 1.55. The highest BCUT2D eigenvalue weighted by Crippen LogP contribution is 2.27. The van der Waals surface area contributed by atoms with Crippen molar-refractivity contribution in [1.29, 1.82) is 0 Å². The average Bonchev–Trinajstić information content (AvgIpc) is 2.99. The molecule has 0 saturated heterocycles. The molecule has 0 fully saturated rings. The van der Waals surface area contributed by atoms with E-state index < -0.39 is 11.9 Å². The monoisotopic (exact) mass is 339 g/mol. The molecule has 6 nitrogen and oxygen atoms in total. The third-order valence-corrected chi connectivity index (χ3v) is 3.78. The number of rotatable bonds is 6. The first-order valence-corrected chi connectivity index (χ1v) is 7.65. The Morgan fingerprint density at radius 3 is 2.44 bits per heavy atom. The Bertz CT molecular complexity index is 911. The lowest BCUT2D eigenvalue weighted by molar-refractivity contribution is 0.0432. The van der Waals surface area contributed by atoms with Crippen LogP contribution in [0, 0.1) is 0 Å². The van der Waals surface area contributed by atoms with Gasteiger partial charge in [-0.15, -0.1) is 0 Å². The predicted molar refractivity (Wildman–Crippen MR) is 91.0 cm³/mol. The number of methoxy groups -OCH3 is 1. The molecule has 0 unspecified atom stereocenters. The SMILES string of the molecule is COCc1c(C(=O)OCc2ccc(C(N)=O)cc2)oc2ccccc12. The summed E-state index contributed by atoms with van der Waals surface area (Å²) in [5.74, 6) is -0.936. The first-order chi connectivity index (χ1) is 12.1. The van der Waals surface area contributed by atoms with Crippen molar-refractivity contribution in [3.8, 4) is 0 Å². The topological polar surface area (TPSA) is 91.8 Å². The van der Waals surface area contributed by atoms with E-state index in [1.54, 1.807) is 37.4 Å². The van der Waals surface area contributed by atoms with E-state index >= 15 is 0 Å². The molecular formula is C19H17NO5. The molecule has 0 aliphatic carbocycles. The van der Waals surface area contributed by atoms with Gasteiger partial charge < -0.3 is 19.6 Å². The van der Waals surface area contributed by atoms with E-state index in [1.165, 1.54) is 0 Å². The number of furan rings is 1. The van der Waals surface area contributed by atoms with Crippen LogP contribution in [0.15, 0.2) is 52.9 Å². The van der Waals surface area contributed by atoms with Gasteiger partial charge in [-0.2, -0.15) is 0 Å². The molecule has 2 N–H and O–H groups in total. The summed E-state index contributed by atoms with van der Waals surface area (Å²) < 4.78 is 16.1. The Hall–Kier alpha value is -3.12. The first-order valence-electron chi connectivity index (χ1n) is 7.65. The molecule has 0 aliphatic heterocycles. The van der Waals surface area contributed by atoms with Gasteiger partial charge in [-0.25, -0.2) is 4.79 Å². The van der Waals surface area contributed by atoms with E-state index in [9.17, 15) is 9.59 Å². The lowest BCUT2D eigenvalue weighted by Crippen LogP contribution is -2.11. The molecule has 2 aromatic carbocycles. The van der Waals surface area contributed by atoms with Gasteiger partial charge >= 0.3 is 5.97 Å². The second-order valence-electron chi connectivity index (χ2n) is 5.48. The van der Waals surface area contributed by atoms with Gasteiger partial charge in [0.25, 0.3) is 0 Å². The fourth-order valence-electron chi connectivity index (χ4n) is 2.53. The van der Waals surface area contributed by atoms with Crippen molar-refractivity contribution in [3.63, 3.8) is 0 Å². The van der Waals surface area contributed by atoms with Crippen LogP contribution in [0.5, 0.6) is 0 Å². The van der Waals surface area contributed by atoms with Crippen molar-refractivity contribution in [2.45, 2.75) is 13.2 Å². The summed E-state index contributed by atoms with van der Waals surface area (Å²) in [6.07, 6.45) is 0. The molecule has 6 heteroatoms. The van der Waals surface area contributed by atoms with E-state index in [4.69, 9.17) is 19.6 Å². The number of primary amides is 1. The molecular weight excluding hydrogens is 322 g/mol. The van der Waals surface area contributed by atoms with Gasteiger partial charge in [-0.05, 0) is 23.8 Å². The summed E-state index contributed by atoms with van der Waals surface area (Å²) in [6, 6.07) is 13.9. The number of hydrogen-bond donors (Lipinski definition) is 1. The largest absolute Gasteiger partial charge is 0.455 e. The molecule has 3 rings (SSSR count). The van der Waals surface area contributed by atoms with Crippen molar-refractivity contribution in [2.75, 3.05) is 7.11 Å².